The zero-order valence-electron chi connectivity index (χ0n) is 17.9. The maximum absolute atomic E-state index is 13.5. The lowest BCUT2D eigenvalue weighted by atomic mass is 9.74. The van der Waals surface area contributed by atoms with Gasteiger partial charge in [0.2, 0.25) is 5.91 Å². The Morgan fingerprint density at radius 3 is 2.38 bits per heavy atom. The summed E-state index contributed by atoms with van der Waals surface area (Å²) < 4.78 is 0. The number of rotatable bonds is 9. The highest BCUT2D eigenvalue weighted by Gasteiger charge is 2.47. The van der Waals surface area contributed by atoms with Crippen molar-refractivity contribution in [2.24, 2.45) is 11.7 Å². The number of hydrogen-bond donors (Lipinski definition) is 4. The van der Waals surface area contributed by atoms with E-state index in [-0.39, 0.29) is 17.9 Å². The van der Waals surface area contributed by atoms with Gasteiger partial charge in [0.25, 0.3) is 0 Å². The second-order valence-electron chi connectivity index (χ2n) is 8.80. The average Bonchev–Trinajstić information content (AvgIpc) is 3.12. The summed E-state index contributed by atoms with van der Waals surface area (Å²) in [5, 5.41) is 14.9. The summed E-state index contributed by atoms with van der Waals surface area (Å²) in [6.45, 7) is 5.06. The van der Waals surface area contributed by atoms with E-state index in [0.717, 1.165) is 44.9 Å². The molecule has 2 aliphatic rings. The molecule has 0 aromatic rings. The number of unbranched alkanes of at least 4 members (excludes halogenated alkanes) is 1. The Morgan fingerprint density at radius 2 is 1.83 bits per heavy atom. The number of nitrogens with one attached hydrogen (secondary N) is 2. The molecular weight excluding hydrogens is 372 g/mol. The normalized spacial score (nSPS) is 23.3. The van der Waals surface area contributed by atoms with Crippen LogP contribution in [0.5, 0.6) is 0 Å². The molecule has 2 rings (SSSR count). The lowest BCUT2D eigenvalue weighted by Gasteiger charge is -2.42. The number of carboxylic acid groups (broad SMARTS) is 1. The minimum Gasteiger partial charge on any atom is -0.480 e. The summed E-state index contributed by atoms with van der Waals surface area (Å²) in [5.74, 6) is -1.06. The van der Waals surface area contributed by atoms with Gasteiger partial charge in [-0.3, -0.25) is 4.79 Å². The van der Waals surface area contributed by atoms with E-state index >= 15 is 0 Å². The fourth-order valence-corrected chi connectivity index (χ4v) is 4.72. The summed E-state index contributed by atoms with van der Waals surface area (Å²) in [5.41, 5.74) is 4.45. The lowest BCUT2D eigenvalue weighted by Crippen LogP contribution is -2.65. The summed E-state index contributed by atoms with van der Waals surface area (Å²) in [7, 11) is 0. The first-order chi connectivity index (χ1) is 13.8. The van der Waals surface area contributed by atoms with Gasteiger partial charge < -0.3 is 26.4 Å². The van der Waals surface area contributed by atoms with Crippen molar-refractivity contribution in [3.8, 4) is 0 Å². The van der Waals surface area contributed by atoms with Crippen LogP contribution in [-0.2, 0) is 9.59 Å². The number of carbonyl (C=O) groups excluding carboxylic acids is 2. The van der Waals surface area contributed by atoms with E-state index in [1.54, 1.807) is 0 Å². The molecule has 0 aromatic carbocycles. The van der Waals surface area contributed by atoms with E-state index in [1.807, 2.05) is 18.7 Å². The van der Waals surface area contributed by atoms with Crippen LogP contribution in [0.25, 0.3) is 0 Å². The molecule has 1 saturated heterocycles. The van der Waals surface area contributed by atoms with Crippen molar-refractivity contribution >= 4 is 17.9 Å². The smallest absolute Gasteiger partial charge is 0.326 e. The van der Waals surface area contributed by atoms with E-state index in [9.17, 15) is 19.5 Å². The topological polar surface area (TPSA) is 125 Å². The molecular formula is C21H38N4O4. The maximum Gasteiger partial charge on any atom is 0.326 e. The number of aliphatic carboxylic acids is 1. The number of carbonyl (C=O) groups is 3. The van der Waals surface area contributed by atoms with E-state index in [4.69, 9.17) is 5.73 Å². The fourth-order valence-electron chi connectivity index (χ4n) is 4.72. The Morgan fingerprint density at radius 1 is 1.14 bits per heavy atom. The van der Waals surface area contributed by atoms with Crippen LogP contribution in [-0.4, -0.2) is 58.6 Å². The SMILES string of the molecule is CC1CCCN1C(=O)[C@](C)(NC(=O)N[C@@H](CCCCN)C(=O)O)C1CCCCC1. The molecule has 1 unspecified atom stereocenters. The third kappa shape index (κ3) is 6.07. The van der Waals surface area contributed by atoms with Crippen molar-refractivity contribution in [1.29, 1.82) is 0 Å². The molecule has 1 aliphatic carbocycles. The first-order valence-electron chi connectivity index (χ1n) is 11.1. The maximum atomic E-state index is 13.5. The summed E-state index contributed by atoms with van der Waals surface area (Å²) in [6.07, 6.45) is 8.62. The predicted molar refractivity (Wildman–Crippen MR) is 111 cm³/mol. The van der Waals surface area contributed by atoms with Crippen molar-refractivity contribution in [1.82, 2.24) is 15.5 Å². The van der Waals surface area contributed by atoms with Gasteiger partial charge in [0.05, 0.1) is 0 Å². The standard InChI is InChI=1S/C21H38N4O4/c1-15-9-8-14-25(15)19(28)21(2,16-10-4-3-5-11-16)24-20(29)23-17(18(26)27)12-6-7-13-22/h15-17H,3-14,22H2,1-2H3,(H,26,27)(H2,23,24,29)/t15?,17-,21+/m0/s1. The van der Waals surface area contributed by atoms with Crippen molar-refractivity contribution in [2.45, 2.75) is 95.7 Å². The summed E-state index contributed by atoms with van der Waals surface area (Å²) in [4.78, 5) is 39.7. The monoisotopic (exact) mass is 410 g/mol. The molecule has 166 valence electrons. The molecule has 3 atom stereocenters. The minimum atomic E-state index is -1.07. The molecule has 0 spiro atoms. The molecule has 1 heterocycles. The highest BCUT2D eigenvalue weighted by molar-refractivity contribution is 5.92. The third-order valence-corrected chi connectivity index (χ3v) is 6.60. The number of hydrogen-bond acceptors (Lipinski definition) is 4. The first-order valence-corrected chi connectivity index (χ1v) is 11.1. The van der Waals surface area contributed by atoms with E-state index in [1.165, 1.54) is 0 Å². The van der Waals surface area contributed by atoms with Crippen LogP contribution in [0.15, 0.2) is 0 Å². The molecule has 8 nitrogen and oxygen atoms in total. The van der Waals surface area contributed by atoms with E-state index < -0.39 is 23.6 Å². The van der Waals surface area contributed by atoms with Crippen molar-refractivity contribution in [3.05, 3.63) is 0 Å². The van der Waals surface area contributed by atoms with Gasteiger partial charge in [-0.1, -0.05) is 19.3 Å². The highest BCUT2D eigenvalue weighted by atomic mass is 16.4. The van der Waals surface area contributed by atoms with Gasteiger partial charge >= 0.3 is 12.0 Å². The second-order valence-corrected chi connectivity index (χ2v) is 8.80. The number of nitrogens with two attached hydrogens (primary N) is 1. The molecule has 0 radical (unpaired) electrons. The van der Waals surface area contributed by atoms with Crippen LogP contribution in [0.2, 0.25) is 0 Å². The largest absolute Gasteiger partial charge is 0.480 e. The molecule has 29 heavy (non-hydrogen) atoms. The molecule has 1 saturated carbocycles. The molecule has 3 amide bonds. The van der Waals surface area contributed by atoms with Crippen LogP contribution in [0.3, 0.4) is 0 Å². The number of urea groups is 1. The van der Waals surface area contributed by atoms with Crippen LogP contribution in [0, 0.1) is 5.92 Å². The molecule has 0 bridgehead atoms. The summed E-state index contributed by atoms with van der Waals surface area (Å²) >= 11 is 0. The van der Waals surface area contributed by atoms with Gasteiger partial charge in [0.1, 0.15) is 11.6 Å². The van der Waals surface area contributed by atoms with Crippen molar-refractivity contribution in [2.75, 3.05) is 13.1 Å². The number of carboxylic acids is 1. The molecule has 5 N–H and O–H groups in total. The van der Waals surface area contributed by atoms with Crippen molar-refractivity contribution in [3.63, 3.8) is 0 Å². The van der Waals surface area contributed by atoms with Crippen LogP contribution in [0.4, 0.5) is 4.79 Å². The molecule has 0 aromatic heterocycles. The quantitative estimate of drug-likeness (QED) is 0.434. The zero-order valence-corrected chi connectivity index (χ0v) is 17.9. The Bertz CT molecular complexity index is 579. The van der Waals surface area contributed by atoms with Crippen molar-refractivity contribution < 1.29 is 19.5 Å². The first kappa shape index (κ1) is 23.4. The minimum absolute atomic E-state index is 0.0421. The highest BCUT2D eigenvalue weighted by Crippen LogP contribution is 2.35. The van der Waals surface area contributed by atoms with Gasteiger partial charge in [0, 0.05) is 12.6 Å². The van der Waals surface area contributed by atoms with Gasteiger partial charge in [-0.25, -0.2) is 9.59 Å². The van der Waals surface area contributed by atoms with Gasteiger partial charge in [-0.05, 0) is 71.3 Å². The fraction of sp³-hybridized carbons (Fsp3) is 0.857. The Hall–Kier alpha value is -1.83. The molecule has 1 aliphatic heterocycles. The van der Waals surface area contributed by atoms with Gasteiger partial charge in [-0.2, -0.15) is 0 Å². The summed E-state index contributed by atoms with van der Waals surface area (Å²) in [6, 6.07) is -1.41. The van der Waals surface area contributed by atoms with Crippen LogP contribution < -0.4 is 16.4 Å². The van der Waals surface area contributed by atoms with E-state index in [0.29, 0.717) is 32.4 Å². The van der Waals surface area contributed by atoms with E-state index in [2.05, 4.69) is 10.6 Å². The predicted octanol–water partition coefficient (Wildman–Crippen LogP) is 2.22. The molecule has 8 heteroatoms. The van der Waals surface area contributed by atoms with Crippen LogP contribution >= 0.6 is 0 Å². The lowest BCUT2D eigenvalue weighted by molar-refractivity contribution is -0.140. The Balaban J connectivity index is 2.12. The number of likely N-dealkylation sites (tertiary alicyclic amines) is 1. The van der Waals surface area contributed by atoms with Gasteiger partial charge in [-0.15, -0.1) is 0 Å². The number of nitrogens with zero attached hydrogens (tertiary/aromatic N) is 1. The molecule has 2 fully saturated rings. The van der Waals surface area contributed by atoms with Gasteiger partial charge in [0.15, 0.2) is 0 Å². The average molecular weight is 411 g/mol. The number of amides is 3. The third-order valence-electron chi connectivity index (χ3n) is 6.60. The second kappa shape index (κ2) is 10.8. The zero-order chi connectivity index (χ0) is 21.4. The Kier molecular flexibility index (Phi) is 8.74. The Labute approximate surface area is 174 Å². The van der Waals surface area contributed by atoms with Crippen LogP contribution in [0.1, 0.15) is 78.1 Å².